The first-order valence-corrected chi connectivity index (χ1v) is 6.70. The molecule has 4 heteroatoms. The van der Waals surface area contributed by atoms with Crippen molar-refractivity contribution in [2.24, 2.45) is 0 Å². The zero-order valence-electron chi connectivity index (χ0n) is 12.2. The quantitative estimate of drug-likeness (QED) is 0.880. The highest BCUT2D eigenvalue weighted by molar-refractivity contribution is 5.51. The fourth-order valence-electron chi connectivity index (χ4n) is 2.09. The zero-order valence-corrected chi connectivity index (χ0v) is 12.2. The van der Waals surface area contributed by atoms with Gasteiger partial charge in [0.1, 0.15) is 17.6 Å². The molecular weight excluding hydrogens is 264 g/mol. The maximum atomic E-state index is 8.60. The first-order valence-electron chi connectivity index (χ1n) is 6.70. The van der Waals surface area contributed by atoms with E-state index in [1.54, 1.807) is 7.11 Å². The molecule has 0 fully saturated rings. The van der Waals surface area contributed by atoms with Gasteiger partial charge in [-0.3, -0.25) is 0 Å². The molecule has 21 heavy (non-hydrogen) atoms. The van der Waals surface area contributed by atoms with Gasteiger partial charge in [-0.1, -0.05) is 18.2 Å². The van der Waals surface area contributed by atoms with Crippen LogP contribution in [0.5, 0.6) is 11.5 Å². The summed E-state index contributed by atoms with van der Waals surface area (Å²) in [4.78, 5) is 0. The second-order valence-corrected chi connectivity index (χ2v) is 4.59. The Morgan fingerprint density at radius 3 is 2.67 bits per heavy atom. The van der Waals surface area contributed by atoms with Crippen molar-refractivity contribution in [2.45, 2.75) is 13.5 Å². The van der Waals surface area contributed by atoms with E-state index in [2.05, 4.69) is 5.32 Å². The minimum absolute atomic E-state index is 0.0542. The molecule has 2 rings (SSSR count). The molecule has 0 atom stereocenters. The van der Waals surface area contributed by atoms with E-state index in [-0.39, 0.29) is 6.61 Å². The highest BCUT2D eigenvalue weighted by Crippen LogP contribution is 2.23. The lowest BCUT2D eigenvalue weighted by atomic mass is 10.1. The van der Waals surface area contributed by atoms with E-state index in [9.17, 15) is 0 Å². The Hall–Kier alpha value is -2.67. The fourth-order valence-corrected chi connectivity index (χ4v) is 2.09. The smallest absolute Gasteiger partial charge is 0.174 e. The van der Waals surface area contributed by atoms with E-state index in [0.717, 1.165) is 28.3 Å². The van der Waals surface area contributed by atoms with Crippen molar-refractivity contribution < 1.29 is 9.47 Å². The monoisotopic (exact) mass is 282 g/mol. The normalized spacial score (nSPS) is 9.76. The van der Waals surface area contributed by atoms with Gasteiger partial charge in [0.2, 0.25) is 0 Å². The van der Waals surface area contributed by atoms with E-state index < -0.39 is 0 Å². The summed E-state index contributed by atoms with van der Waals surface area (Å²) >= 11 is 0. The number of benzene rings is 2. The molecule has 0 saturated heterocycles. The number of nitrogens with one attached hydrogen (secondary N) is 1. The Balaban J connectivity index is 2.06. The lowest BCUT2D eigenvalue weighted by Crippen LogP contribution is -2.03. The Morgan fingerprint density at radius 2 is 1.95 bits per heavy atom. The third-order valence-electron chi connectivity index (χ3n) is 3.14. The molecular formula is C17H18N2O2. The van der Waals surface area contributed by atoms with Gasteiger partial charge in [-0.15, -0.1) is 0 Å². The van der Waals surface area contributed by atoms with Crippen LogP contribution in [0.15, 0.2) is 42.5 Å². The van der Waals surface area contributed by atoms with Crippen molar-refractivity contribution in [3.63, 3.8) is 0 Å². The van der Waals surface area contributed by atoms with Crippen LogP contribution in [0, 0.1) is 18.3 Å². The molecule has 108 valence electrons. The van der Waals surface area contributed by atoms with E-state index in [0.29, 0.717) is 6.54 Å². The molecule has 4 nitrogen and oxygen atoms in total. The summed E-state index contributed by atoms with van der Waals surface area (Å²) in [6.45, 7) is 2.69. The number of para-hydroxylation sites is 1. The Labute approximate surface area is 124 Å². The summed E-state index contributed by atoms with van der Waals surface area (Å²) in [6, 6.07) is 15.6. The maximum absolute atomic E-state index is 8.60. The fraction of sp³-hybridized carbons (Fsp3) is 0.235. The third kappa shape index (κ3) is 3.90. The molecule has 0 radical (unpaired) electrons. The van der Waals surface area contributed by atoms with E-state index in [4.69, 9.17) is 14.7 Å². The third-order valence-corrected chi connectivity index (χ3v) is 3.14. The molecule has 2 aromatic carbocycles. The number of aryl methyl sites for hydroxylation is 1. The van der Waals surface area contributed by atoms with Crippen molar-refractivity contribution in [1.82, 2.24) is 0 Å². The number of hydrogen-bond donors (Lipinski definition) is 1. The molecule has 1 N–H and O–H groups in total. The van der Waals surface area contributed by atoms with Crippen molar-refractivity contribution in [2.75, 3.05) is 19.0 Å². The number of rotatable bonds is 6. The van der Waals surface area contributed by atoms with Gasteiger partial charge in [0.15, 0.2) is 6.61 Å². The second kappa shape index (κ2) is 7.20. The summed E-state index contributed by atoms with van der Waals surface area (Å²) < 4.78 is 10.7. The average molecular weight is 282 g/mol. The first-order chi connectivity index (χ1) is 10.2. The number of hydrogen-bond acceptors (Lipinski definition) is 4. The lowest BCUT2D eigenvalue weighted by molar-refractivity contribution is 0.364. The van der Waals surface area contributed by atoms with Gasteiger partial charge in [-0.05, 0) is 36.8 Å². The summed E-state index contributed by atoms with van der Waals surface area (Å²) in [5.41, 5.74) is 3.11. The molecule has 0 spiro atoms. The second-order valence-electron chi connectivity index (χ2n) is 4.59. The molecule has 0 aliphatic carbocycles. The lowest BCUT2D eigenvalue weighted by Gasteiger charge is -2.12. The van der Waals surface area contributed by atoms with E-state index in [1.807, 2.05) is 55.5 Å². The summed E-state index contributed by atoms with van der Waals surface area (Å²) in [5.74, 6) is 1.61. The highest BCUT2D eigenvalue weighted by Gasteiger charge is 2.04. The topological polar surface area (TPSA) is 54.3 Å². The summed E-state index contributed by atoms with van der Waals surface area (Å²) in [6.07, 6.45) is 0. The van der Waals surface area contributed by atoms with Crippen LogP contribution in [-0.4, -0.2) is 13.7 Å². The van der Waals surface area contributed by atoms with Gasteiger partial charge >= 0.3 is 0 Å². The number of anilines is 1. The largest absolute Gasteiger partial charge is 0.496 e. The number of ether oxygens (including phenoxy) is 2. The van der Waals surface area contributed by atoms with Gasteiger partial charge in [0, 0.05) is 17.8 Å². The average Bonchev–Trinajstić information content (AvgIpc) is 2.52. The van der Waals surface area contributed by atoms with E-state index >= 15 is 0 Å². The first kappa shape index (κ1) is 14.7. The number of nitriles is 1. The molecule has 0 aliphatic heterocycles. The summed E-state index contributed by atoms with van der Waals surface area (Å²) in [5, 5.41) is 12.0. The maximum Gasteiger partial charge on any atom is 0.174 e. The molecule has 0 heterocycles. The standard InChI is InChI=1S/C17H18N2O2/c1-13-11-15(7-8-16(13)20-2)19-12-14-5-3-4-6-17(14)21-10-9-18/h3-8,11,19H,10,12H2,1-2H3. The van der Waals surface area contributed by atoms with Gasteiger partial charge in [-0.2, -0.15) is 5.26 Å². The van der Waals surface area contributed by atoms with Gasteiger partial charge in [0.25, 0.3) is 0 Å². The molecule has 2 aromatic rings. The molecule has 0 aromatic heterocycles. The van der Waals surface area contributed by atoms with Crippen molar-refractivity contribution in [3.05, 3.63) is 53.6 Å². The summed E-state index contributed by atoms with van der Waals surface area (Å²) in [7, 11) is 1.66. The molecule has 0 amide bonds. The molecule has 0 bridgehead atoms. The Bertz CT molecular complexity index is 647. The van der Waals surface area contributed by atoms with Gasteiger partial charge < -0.3 is 14.8 Å². The van der Waals surface area contributed by atoms with Crippen molar-refractivity contribution in [3.8, 4) is 17.6 Å². The van der Waals surface area contributed by atoms with Crippen LogP contribution in [0.4, 0.5) is 5.69 Å². The highest BCUT2D eigenvalue weighted by atomic mass is 16.5. The van der Waals surface area contributed by atoms with E-state index in [1.165, 1.54) is 0 Å². The zero-order chi connectivity index (χ0) is 15.1. The van der Waals surface area contributed by atoms with Crippen LogP contribution in [0.2, 0.25) is 0 Å². The van der Waals surface area contributed by atoms with Crippen molar-refractivity contribution >= 4 is 5.69 Å². The van der Waals surface area contributed by atoms with Crippen LogP contribution < -0.4 is 14.8 Å². The SMILES string of the molecule is COc1ccc(NCc2ccccc2OCC#N)cc1C. The molecule has 0 saturated carbocycles. The molecule has 0 unspecified atom stereocenters. The van der Waals surface area contributed by atoms with Gasteiger partial charge in [-0.25, -0.2) is 0 Å². The van der Waals surface area contributed by atoms with Gasteiger partial charge in [0.05, 0.1) is 7.11 Å². The minimum atomic E-state index is 0.0542. The number of methoxy groups -OCH3 is 1. The van der Waals surface area contributed by atoms with Crippen LogP contribution in [0.25, 0.3) is 0 Å². The van der Waals surface area contributed by atoms with Crippen LogP contribution in [0.3, 0.4) is 0 Å². The van der Waals surface area contributed by atoms with Crippen LogP contribution >= 0.6 is 0 Å². The Kier molecular flexibility index (Phi) is 5.05. The predicted octanol–water partition coefficient (Wildman–Crippen LogP) is 3.52. The molecule has 0 aliphatic rings. The Morgan fingerprint density at radius 1 is 1.14 bits per heavy atom. The van der Waals surface area contributed by atoms with Crippen LogP contribution in [-0.2, 0) is 6.54 Å². The van der Waals surface area contributed by atoms with Crippen LogP contribution in [0.1, 0.15) is 11.1 Å². The minimum Gasteiger partial charge on any atom is -0.496 e. The number of nitrogens with zero attached hydrogens (tertiary/aromatic N) is 1. The van der Waals surface area contributed by atoms with Crippen molar-refractivity contribution in [1.29, 1.82) is 5.26 Å². The predicted molar refractivity (Wildman–Crippen MR) is 82.6 cm³/mol.